The number of benzene rings is 2. The number of rotatable bonds is 6. The summed E-state index contributed by atoms with van der Waals surface area (Å²) in [5.74, 6) is 0.0714. The van der Waals surface area contributed by atoms with Crippen LogP contribution in [0.25, 0.3) is 11.3 Å². The zero-order chi connectivity index (χ0) is 18.5. The van der Waals surface area contributed by atoms with Crippen LogP contribution >= 0.6 is 23.1 Å². The normalized spacial score (nSPS) is 10.5. The number of non-ortho nitro benzene ring substituents is 1. The number of hydrogen-bond donors (Lipinski definition) is 2. The molecule has 0 spiro atoms. The third kappa shape index (κ3) is 4.58. The average molecular weight is 386 g/mol. The molecule has 9 heteroatoms. The Kier molecular flexibility index (Phi) is 5.49. The number of aromatic nitrogens is 1. The van der Waals surface area contributed by atoms with Crippen molar-refractivity contribution in [1.82, 2.24) is 4.98 Å². The molecule has 3 N–H and O–H groups in total. The second kappa shape index (κ2) is 7.98. The predicted molar refractivity (Wildman–Crippen MR) is 104 cm³/mol. The number of nitro benzene ring substituents is 1. The molecule has 0 radical (unpaired) electrons. The van der Waals surface area contributed by atoms with Gasteiger partial charge in [-0.05, 0) is 24.3 Å². The Balaban J connectivity index is 1.61. The van der Waals surface area contributed by atoms with Crippen molar-refractivity contribution in [2.75, 3.05) is 16.8 Å². The maximum absolute atomic E-state index is 12.1. The minimum absolute atomic E-state index is 0.000911. The SMILES string of the molecule is Nc1ccc(SCC(=O)Nc2nc(-c3cccc([N+](=O)[O-])c3)cs2)cc1. The largest absolute Gasteiger partial charge is 0.399 e. The van der Waals surface area contributed by atoms with E-state index in [9.17, 15) is 14.9 Å². The lowest BCUT2D eigenvalue weighted by Crippen LogP contribution is -2.13. The van der Waals surface area contributed by atoms with E-state index in [1.54, 1.807) is 29.6 Å². The number of hydrogen-bond acceptors (Lipinski definition) is 7. The fourth-order valence-electron chi connectivity index (χ4n) is 2.11. The van der Waals surface area contributed by atoms with Crippen LogP contribution in [0.4, 0.5) is 16.5 Å². The van der Waals surface area contributed by atoms with E-state index in [0.29, 0.717) is 22.1 Å². The van der Waals surface area contributed by atoms with E-state index in [2.05, 4.69) is 10.3 Å². The second-order valence-electron chi connectivity index (χ2n) is 5.25. The minimum atomic E-state index is -0.451. The molecule has 0 atom stereocenters. The number of nitrogen functional groups attached to an aromatic ring is 1. The Morgan fingerprint density at radius 3 is 2.77 bits per heavy atom. The fraction of sp³-hybridized carbons (Fsp3) is 0.0588. The van der Waals surface area contributed by atoms with Gasteiger partial charge in [0.1, 0.15) is 0 Å². The summed E-state index contributed by atoms with van der Waals surface area (Å²) in [7, 11) is 0. The van der Waals surface area contributed by atoms with Gasteiger partial charge in [-0.3, -0.25) is 14.9 Å². The van der Waals surface area contributed by atoms with Crippen LogP contribution in [-0.2, 0) is 4.79 Å². The maximum atomic E-state index is 12.1. The summed E-state index contributed by atoms with van der Waals surface area (Å²) < 4.78 is 0. The van der Waals surface area contributed by atoms with Gasteiger partial charge >= 0.3 is 0 Å². The molecule has 0 saturated heterocycles. The number of nitrogens with one attached hydrogen (secondary N) is 1. The second-order valence-corrected chi connectivity index (χ2v) is 7.16. The first kappa shape index (κ1) is 17.9. The van der Waals surface area contributed by atoms with Gasteiger partial charge in [0, 0.05) is 33.7 Å². The van der Waals surface area contributed by atoms with Gasteiger partial charge in [-0.25, -0.2) is 4.98 Å². The van der Waals surface area contributed by atoms with Gasteiger partial charge in [0.15, 0.2) is 5.13 Å². The molecule has 3 aromatic rings. The Bertz CT molecular complexity index is 941. The highest BCUT2D eigenvalue weighted by Crippen LogP contribution is 2.27. The number of nitro groups is 1. The molecule has 26 heavy (non-hydrogen) atoms. The summed E-state index contributed by atoms with van der Waals surface area (Å²) in [6, 6.07) is 13.5. The molecule has 0 saturated carbocycles. The van der Waals surface area contributed by atoms with E-state index in [0.717, 1.165) is 4.90 Å². The number of thiazole rings is 1. The molecule has 1 aromatic heterocycles. The zero-order valence-corrected chi connectivity index (χ0v) is 15.0. The Morgan fingerprint density at radius 2 is 2.04 bits per heavy atom. The monoisotopic (exact) mass is 386 g/mol. The van der Waals surface area contributed by atoms with Crippen molar-refractivity contribution < 1.29 is 9.72 Å². The molecule has 0 fully saturated rings. The summed E-state index contributed by atoms with van der Waals surface area (Å²) in [4.78, 5) is 27.8. The lowest BCUT2D eigenvalue weighted by Gasteiger charge is -2.02. The molecule has 0 unspecified atom stereocenters. The van der Waals surface area contributed by atoms with E-state index in [1.807, 2.05) is 12.1 Å². The number of anilines is 2. The molecule has 0 aliphatic rings. The smallest absolute Gasteiger partial charge is 0.270 e. The zero-order valence-electron chi connectivity index (χ0n) is 13.4. The quantitative estimate of drug-likeness (QED) is 0.286. The third-order valence-electron chi connectivity index (χ3n) is 3.35. The highest BCUT2D eigenvalue weighted by atomic mass is 32.2. The van der Waals surface area contributed by atoms with Crippen LogP contribution < -0.4 is 11.1 Å². The fourth-order valence-corrected chi connectivity index (χ4v) is 3.55. The summed E-state index contributed by atoms with van der Waals surface area (Å²) in [5, 5.41) is 15.8. The first-order valence-corrected chi connectivity index (χ1v) is 9.36. The van der Waals surface area contributed by atoms with Crippen LogP contribution in [0.15, 0.2) is 58.8 Å². The van der Waals surface area contributed by atoms with Crippen molar-refractivity contribution in [3.05, 3.63) is 64.0 Å². The number of amides is 1. The topological polar surface area (TPSA) is 111 Å². The molecule has 1 amide bonds. The minimum Gasteiger partial charge on any atom is -0.399 e. The van der Waals surface area contributed by atoms with Crippen molar-refractivity contribution in [3.8, 4) is 11.3 Å². The summed E-state index contributed by atoms with van der Waals surface area (Å²) >= 11 is 2.67. The highest BCUT2D eigenvalue weighted by Gasteiger charge is 2.11. The third-order valence-corrected chi connectivity index (χ3v) is 5.12. The summed E-state index contributed by atoms with van der Waals surface area (Å²) in [6.07, 6.45) is 0. The Hall–Kier alpha value is -2.91. The maximum Gasteiger partial charge on any atom is 0.270 e. The summed E-state index contributed by atoms with van der Waals surface area (Å²) in [6.45, 7) is 0. The number of nitrogens with zero attached hydrogens (tertiary/aromatic N) is 2. The Labute approximate surface area is 157 Å². The van der Waals surface area contributed by atoms with Crippen LogP contribution in [0.2, 0.25) is 0 Å². The van der Waals surface area contributed by atoms with Crippen LogP contribution in [-0.4, -0.2) is 21.6 Å². The number of carbonyl (C=O) groups excluding carboxylic acids is 1. The van der Waals surface area contributed by atoms with E-state index >= 15 is 0 Å². The van der Waals surface area contributed by atoms with E-state index in [-0.39, 0.29) is 17.3 Å². The van der Waals surface area contributed by atoms with Crippen molar-refractivity contribution >= 4 is 45.5 Å². The molecule has 3 rings (SSSR count). The van der Waals surface area contributed by atoms with Gasteiger partial charge in [0.25, 0.3) is 5.69 Å². The van der Waals surface area contributed by atoms with Gasteiger partial charge in [-0.2, -0.15) is 0 Å². The molecule has 132 valence electrons. The first-order valence-electron chi connectivity index (χ1n) is 7.50. The average Bonchev–Trinajstić information content (AvgIpc) is 3.10. The number of nitrogens with two attached hydrogens (primary N) is 1. The molecule has 1 heterocycles. The summed E-state index contributed by atoms with van der Waals surface area (Å²) in [5.41, 5.74) is 7.52. The molecule has 0 aliphatic heterocycles. The van der Waals surface area contributed by atoms with Crippen LogP contribution in [0.5, 0.6) is 0 Å². The molecular weight excluding hydrogens is 372 g/mol. The highest BCUT2D eigenvalue weighted by molar-refractivity contribution is 8.00. The lowest BCUT2D eigenvalue weighted by molar-refractivity contribution is -0.384. The van der Waals surface area contributed by atoms with Gasteiger partial charge in [0.05, 0.1) is 16.4 Å². The van der Waals surface area contributed by atoms with Gasteiger partial charge in [0.2, 0.25) is 5.91 Å². The number of thioether (sulfide) groups is 1. The van der Waals surface area contributed by atoms with Crippen molar-refractivity contribution in [2.45, 2.75) is 4.90 Å². The van der Waals surface area contributed by atoms with Crippen LogP contribution in [0.3, 0.4) is 0 Å². The van der Waals surface area contributed by atoms with Crippen molar-refractivity contribution in [3.63, 3.8) is 0 Å². The first-order chi connectivity index (χ1) is 12.5. The van der Waals surface area contributed by atoms with Gasteiger partial charge in [-0.1, -0.05) is 12.1 Å². The van der Waals surface area contributed by atoms with E-state index in [1.165, 1.54) is 35.2 Å². The number of carbonyl (C=O) groups is 1. The lowest BCUT2D eigenvalue weighted by atomic mass is 10.1. The molecule has 2 aromatic carbocycles. The molecule has 0 bridgehead atoms. The van der Waals surface area contributed by atoms with Crippen molar-refractivity contribution in [2.24, 2.45) is 0 Å². The van der Waals surface area contributed by atoms with Gasteiger partial charge < -0.3 is 11.1 Å². The Morgan fingerprint density at radius 1 is 1.27 bits per heavy atom. The van der Waals surface area contributed by atoms with Gasteiger partial charge in [-0.15, -0.1) is 23.1 Å². The van der Waals surface area contributed by atoms with Crippen LogP contribution in [0.1, 0.15) is 0 Å². The molecule has 0 aliphatic carbocycles. The standard InChI is InChI=1S/C17H14N4O3S2/c18-12-4-6-14(7-5-12)25-10-16(22)20-17-19-15(9-26-17)11-2-1-3-13(8-11)21(23)24/h1-9H,10,18H2,(H,19,20,22). The van der Waals surface area contributed by atoms with Crippen molar-refractivity contribution in [1.29, 1.82) is 0 Å². The van der Waals surface area contributed by atoms with E-state index < -0.39 is 4.92 Å². The molecular formula is C17H14N4O3S2. The van der Waals surface area contributed by atoms with Crippen LogP contribution in [0, 0.1) is 10.1 Å². The molecule has 7 nitrogen and oxygen atoms in total. The van der Waals surface area contributed by atoms with E-state index in [4.69, 9.17) is 5.73 Å². The predicted octanol–water partition coefficient (Wildman–Crippen LogP) is 4.03.